The molecule has 16 heteroatoms. The molecule has 4 atom stereocenters. The third kappa shape index (κ3) is 11.2. The molecule has 2 aromatic carbocycles. The van der Waals surface area contributed by atoms with Crippen LogP contribution >= 0.6 is 0 Å². The van der Waals surface area contributed by atoms with Crippen molar-refractivity contribution in [2.45, 2.75) is 104 Å². The molecular formula is C53H68N8O8. The van der Waals surface area contributed by atoms with Crippen molar-refractivity contribution in [1.29, 1.82) is 0 Å². The highest BCUT2D eigenvalue weighted by Gasteiger charge is 2.48. The molecule has 6 bridgehead atoms. The molecule has 7 rings (SSSR count). The lowest BCUT2D eigenvalue weighted by Crippen LogP contribution is -2.63. The Kier molecular flexibility index (Phi) is 15.6. The van der Waals surface area contributed by atoms with Crippen molar-refractivity contribution < 1.29 is 38.6 Å². The second-order valence-electron chi connectivity index (χ2n) is 20.1. The number of carbonyl (C=O) groups is 5. The lowest BCUT2D eigenvalue weighted by molar-refractivity contribution is -0.156. The Bertz CT molecular complexity index is 2650. The molecule has 0 spiro atoms. The van der Waals surface area contributed by atoms with Crippen LogP contribution in [0.4, 0.5) is 0 Å². The Morgan fingerprint density at radius 1 is 1.06 bits per heavy atom. The molecule has 2 fully saturated rings. The number of methoxy groups -OCH3 is 1. The van der Waals surface area contributed by atoms with E-state index in [4.69, 9.17) is 14.5 Å². The van der Waals surface area contributed by atoms with Crippen LogP contribution in [-0.2, 0) is 59.4 Å². The minimum atomic E-state index is -1.94. The van der Waals surface area contributed by atoms with Gasteiger partial charge in [0.1, 0.15) is 18.1 Å². The topological polar surface area (TPSA) is 179 Å². The highest BCUT2D eigenvalue weighted by atomic mass is 16.5. The number of hydrogen-bond acceptors (Lipinski definition) is 11. The van der Waals surface area contributed by atoms with Crippen LogP contribution in [0.15, 0.2) is 60.8 Å². The van der Waals surface area contributed by atoms with Crippen molar-refractivity contribution in [2.24, 2.45) is 11.3 Å². The Hall–Kier alpha value is -6.12. The molecule has 1 unspecified atom stereocenters. The Morgan fingerprint density at radius 2 is 1.83 bits per heavy atom. The zero-order valence-electron chi connectivity index (χ0n) is 41.6. The fourth-order valence-corrected chi connectivity index (χ4v) is 9.97. The number of fused-ring (bicyclic) bond motifs is 6. The van der Waals surface area contributed by atoms with Crippen LogP contribution in [0.25, 0.3) is 33.3 Å². The molecule has 5 heterocycles. The first kappa shape index (κ1) is 50.7. The molecule has 4 aromatic rings. The van der Waals surface area contributed by atoms with Crippen LogP contribution in [-0.4, -0.2) is 149 Å². The van der Waals surface area contributed by atoms with E-state index in [9.17, 15) is 29.1 Å². The first-order valence-corrected chi connectivity index (χ1v) is 24.0. The SMILES string of the molecule is CCn1c(-c2cccnc2COC)c2c3cc(ccc31)-c1cccc(c1)C[C@H](NC(=O)[C@H](C(C)C)N(C)C(=O)C1(O)CCN(C(=O)C#CCN(C)C)C1)C(=O)N1CCC[C@H](N1)C(=O)OCC(C)(C)C2. The van der Waals surface area contributed by atoms with Crippen molar-refractivity contribution in [2.75, 3.05) is 61.0 Å². The number of ether oxygens (including phenoxy) is 2. The Balaban J connectivity index is 1.24. The first-order chi connectivity index (χ1) is 32.8. The number of esters is 1. The van der Waals surface area contributed by atoms with E-state index in [0.717, 1.165) is 50.1 Å². The number of β-amino-alcohol motifs (C(OH)–C–C–N with tert-alkyl or cyclic N) is 1. The summed E-state index contributed by atoms with van der Waals surface area (Å²) in [4.78, 5) is 79.4. The van der Waals surface area contributed by atoms with E-state index in [1.807, 2.05) is 49.3 Å². The minimum Gasteiger partial charge on any atom is -0.464 e. The van der Waals surface area contributed by atoms with Gasteiger partial charge in [-0.1, -0.05) is 63.9 Å². The Labute approximate surface area is 405 Å². The molecule has 16 nitrogen and oxygen atoms in total. The van der Waals surface area contributed by atoms with E-state index >= 15 is 0 Å². The van der Waals surface area contributed by atoms with Crippen molar-refractivity contribution in [1.82, 2.24) is 40.0 Å². The van der Waals surface area contributed by atoms with Gasteiger partial charge in [-0.25, -0.2) is 5.43 Å². The number of hydrogen-bond donors (Lipinski definition) is 3. The van der Waals surface area contributed by atoms with E-state index in [1.54, 1.807) is 27.2 Å². The van der Waals surface area contributed by atoms with Crippen LogP contribution in [0.2, 0.25) is 0 Å². The van der Waals surface area contributed by atoms with Gasteiger partial charge in [0.25, 0.3) is 17.7 Å². The predicted molar refractivity (Wildman–Crippen MR) is 263 cm³/mol. The van der Waals surface area contributed by atoms with Gasteiger partial charge in [0.15, 0.2) is 5.60 Å². The van der Waals surface area contributed by atoms with Crippen molar-refractivity contribution >= 4 is 40.5 Å². The molecule has 0 aliphatic carbocycles. The zero-order chi connectivity index (χ0) is 49.8. The summed E-state index contributed by atoms with van der Waals surface area (Å²) < 4.78 is 14.0. The van der Waals surface area contributed by atoms with Gasteiger partial charge >= 0.3 is 5.97 Å². The van der Waals surface area contributed by atoms with Crippen LogP contribution in [0.1, 0.15) is 70.7 Å². The zero-order valence-corrected chi connectivity index (χ0v) is 41.6. The van der Waals surface area contributed by atoms with Gasteiger partial charge < -0.3 is 34.3 Å². The second kappa shape index (κ2) is 21.3. The van der Waals surface area contributed by atoms with Gasteiger partial charge in [-0.05, 0) is 98.6 Å². The highest BCUT2D eigenvalue weighted by Crippen LogP contribution is 2.41. The van der Waals surface area contributed by atoms with E-state index in [1.165, 1.54) is 21.9 Å². The van der Waals surface area contributed by atoms with Gasteiger partial charge in [-0.15, -0.1) is 0 Å². The van der Waals surface area contributed by atoms with Gasteiger partial charge in [-0.2, -0.15) is 0 Å². The largest absolute Gasteiger partial charge is 0.464 e. The van der Waals surface area contributed by atoms with Crippen molar-refractivity contribution in [3.05, 3.63) is 77.6 Å². The molecule has 3 N–H and O–H groups in total. The maximum Gasteiger partial charge on any atom is 0.324 e. The van der Waals surface area contributed by atoms with Crippen LogP contribution in [0.5, 0.6) is 0 Å². The summed E-state index contributed by atoms with van der Waals surface area (Å²) in [6.07, 6.45) is 3.37. The molecule has 3 aliphatic heterocycles. The van der Waals surface area contributed by atoms with Gasteiger partial charge in [0.05, 0.1) is 37.7 Å². The summed E-state index contributed by atoms with van der Waals surface area (Å²) in [5.74, 6) is 2.21. The standard InChI is InChI=1S/C53H68N8O8/c1-10-60-44-21-20-37-29-39(44)40(47(60)38-17-12-23-54-43(38)31-68-9)30-52(4,5)33-69-50(65)41-18-13-25-61(56-41)49(64)42(28-35-15-11-16-36(37)27-35)55-48(63)46(34(2)3)58(8)51(66)53(67)22-26-59(32-53)45(62)19-14-24-57(6)7/h11-12,15-17,20-21,23,27,29,34,41-42,46,56,67H,10,13,18,22,24-26,28,30-33H2,1-9H3,(H,55,63)/t41-,42-,46-,53?/m0/s1. The third-order valence-corrected chi connectivity index (χ3v) is 13.4. The number of carbonyl (C=O) groups excluding carboxylic acids is 5. The summed E-state index contributed by atoms with van der Waals surface area (Å²) in [7, 11) is 6.79. The number of benzene rings is 2. The van der Waals surface area contributed by atoms with Gasteiger partial charge in [0.2, 0.25) is 5.91 Å². The number of aryl methyl sites for hydroxylation is 1. The number of aliphatic hydroxyl groups is 1. The normalized spacial score (nSPS) is 21.1. The van der Waals surface area contributed by atoms with E-state index in [-0.39, 0.29) is 39.1 Å². The molecule has 368 valence electrons. The fourth-order valence-electron chi connectivity index (χ4n) is 9.97. The number of aromatic nitrogens is 2. The molecule has 0 radical (unpaired) electrons. The fraction of sp³-hybridized carbons (Fsp3) is 0.509. The molecule has 4 amide bonds. The Morgan fingerprint density at radius 3 is 2.55 bits per heavy atom. The summed E-state index contributed by atoms with van der Waals surface area (Å²) in [5, 5.41) is 17.1. The number of nitrogens with one attached hydrogen (secondary N) is 2. The third-order valence-electron chi connectivity index (χ3n) is 13.4. The number of nitrogens with zero attached hydrogens (tertiary/aromatic N) is 6. The maximum atomic E-state index is 14.8. The molecule has 69 heavy (non-hydrogen) atoms. The van der Waals surface area contributed by atoms with Crippen molar-refractivity contribution in [3.8, 4) is 34.2 Å². The first-order valence-electron chi connectivity index (χ1n) is 24.0. The maximum absolute atomic E-state index is 14.8. The molecule has 0 saturated carbocycles. The average Bonchev–Trinajstić information content (AvgIpc) is 3.87. The van der Waals surface area contributed by atoms with E-state index in [2.05, 4.69) is 72.2 Å². The van der Waals surface area contributed by atoms with E-state index < -0.39 is 64.7 Å². The summed E-state index contributed by atoms with van der Waals surface area (Å²) in [6, 6.07) is 15.3. The number of likely N-dealkylation sites (N-methyl/N-ethyl adjacent to an activating group) is 1. The van der Waals surface area contributed by atoms with Crippen molar-refractivity contribution in [3.63, 3.8) is 0 Å². The lowest BCUT2D eigenvalue weighted by atomic mass is 9.84. The number of pyridine rings is 1. The summed E-state index contributed by atoms with van der Waals surface area (Å²) >= 11 is 0. The summed E-state index contributed by atoms with van der Waals surface area (Å²) in [5.41, 5.74) is 8.31. The average molecular weight is 945 g/mol. The van der Waals surface area contributed by atoms with Gasteiger partial charge in [0, 0.05) is 74.7 Å². The lowest BCUT2D eigenvalue weighted by Gasteiger charge is -2.37. The van der Waals surface area contributed by atoms with E-state index in [0.29, 0.717) is 39.0 Å². The highest BCUT2D eigenvalue weighted by molar-refractivity contribution is 5.98. The smallest absolute Gasteiger partial charge is 0.324 e. The summed E-state index contributed by atoms with van der Waals surface area (Å²) in [6.45, 7) is 11.5. The van der Waals surface area contributed by atoms with Crippen LogP contribution < -0.4 is 10.7 Å². The molecular weight excluding hydrogens is 877 g/mol. The van der Waals surface area contributed by atoms with Gasteiger partial charge in [-0.3, -0.25) is 38.9 Å². The minimum absolute atomic E-state index is 0.0252. The molecule has 2 saturated heterocycles. The quantitative estimate of drug-likeness (QED) is 0.153. The predicted octanol–water partition coefficient (Wildman–Crippen LogP) is 4.20. The molecule has 2 aromatic heterocycles. The number of cyclic esters (lactones) is 1. The number of amides is 4. The van der Waals surface area contributed by atoms with Crippen LogP contribution in [0, 0.1) is 23.2 Å². The number of hydrazine groups is 1. The number of likely N-dealkylation sites (tertiary alicyclic amines) is 1. The van der Waals surface area contributed by atoms with Crippen LogP contribution in [0.3, 0.4) is 0 Å². The molecule has 3 aliphatic rings. The number of rotatable bonds is 10. The monoisotopic (exact) mass is 945 g/mol. The second-order valence-corrected chi connectivity index (χ2v) is 20.1.